The molecule has 0 N–H and O–H groups in total. The number of benzene rings is 1. The van der Waals surface area contributed by atoms with E-state index in [4.69, 9.17) is 11.6 Å². The van der Waals surface area contributed by atoms with Crippen LogP contribution < -0.4 is 0 Å². The number of fused-ring (bicyclic) bond motifs is 1. The summed E-state index contributed by atoms with van der Waals surface area (Å²) < 4.78 is 0. The maximum absolute atomic E-state index is 11.1. The molecule has 0 heterocycles. The van der Waals surface area contributed by atoms with Crippen molar-refractivity contribution < 1.29 is 4.79 Å². The van der Waals surface area contributed by atoms with Crippen LogP contribution in [-0.4, -0.2) is 6.29 Å². The van der Waals surface area contributed by atoms with Gasteiger partial charge in [-0.1, -0.05) is 37.6 Å². The van der Waals surface area contributed by atoms with Gasteiger partial charge in [-0.3, -0.25) is 0 Å². The fourth-order valence-electron chi connectivity index (χ4n) is 2.46. The molecule has 1 aromatic rings. The van der Waals surface area contributed by atoms with Gasteiger partial charge in [-0.05, 0) is 36.0 Å². The Labute approximate surface area is 95.4 Å². The zero-order chi connectivity index (χ0) is 11.1. The summed E-state index contributed by atoms with van der Waals surface area (Å²) in [4.78, 5) is 11.1. The Morgan fingerprint density at radius 1 is 1.47 bits per heavy atom. The molecule has 1 aromatic carbocycles. The van der Waals surface area contributed by atoms with Crippen LogP contribution in [0.15, 0.2) is 18.2 Å². The van der Waals surface area contributed by atoms with E-state index in [-0.39, 0.29) is 5.41 Å². The molecule has 0 spiro atoms. The topological polar surface area (TPSA) is 17.1 Å². The lowest BCUT2D eigenvalue weighted by atomic mass is 9.77. The van der Waals surface area contributed by atoms with Gasteiger partial charge in [0.05, 0.1) is 0 Å². The lowest BCUT2D eigenvalue weighted by molar-refractivity contribution is -0.115. The molecular weight excluding hydrogens is 208 g/mol. The van der Waals surface area contributed by atoms with E-state index in [1.54, 1.807) is 0 Å². The fraction of sp³-hybridized carbons (Fsp3) is 0.462. The Morgan fingerprint density at radius 3 is 2.87 bits per heavy atom. The quantitative estimate of drug-likeness (QED) is 0.699. The van der Waals surface area contributed by atoms with Gasteiger partial charge in [0.2, 0.25) is 0 Å². The number of aldehydes is 1. The molecule has 0 aliphatic heterocycles. The van der Waals surface area contributed by atoms with E-state index in [1.165, 1.54) is 11.1 Å². The van der Waals surface area contributed by atoms with Gasteiger partial charge in [-0.25, -0.2) is 0 Å². The van der Waals surface area contributed by atoms with Crippen LogP contribution in [0, 0.1) is 5.41 Å². The average Bonchev–Trinajstić information content (AvgIpc) is 2.63. The Hall–Kier alpha value is -0.820. The predicted octanol–water partition coefficient (Wildman–Crippen LogP) is 3.59. The molecule has 15 heavy (non-hydrogen) atoms. The van der Waals surface area contributed by atoms with Crippen LogP contribution in [0.2, 0.25) is 5.02 Å². The van der Waals surface area contributed by atoms with Crippen molar-refractivity contribution in [3.8, 4) is 0 Å². The van der Waals surface area contributed by atoms with E-state index in [9.17, 15) is 4.79 Å². The third-order valence-electron chi connectivity index (χ3n) is 3.42. The first-order chi connectivity index (χ1) is 7.06. The van der Waals surface area contributed by atoms with E-state index in [2.05, 4.69) is 6.07 Å². The van der Waals surface area contributed by atoms with E-state index < -0.39 is 0 Å². The van der Waals surface area contributed by atoms with Crippen molar-refractivity contribution >= 4 is 17.9 Å². The molecule has 0 bridgehead atoms. The van der Waals surface area contributed by atoms with Gasteiger partial charge in [0.15, 0.2) is 0 Å². The molecule has 1 aliphatic rings. The van der Waals surface area contributed by atoms with E-state index in [1.807, 2.05) is 26.0 Å². The maximum atomic E-state index is 11.1. The van der Waals surface area contributed by atoms with E-state index >= 15 is 0 Å². The van der Waals surface area contributed by atoms with Crippen molar-refractivity contribution in [2.45, 2.75) is 32.6 Å². The van der Waals surface area contributed by atoms with Crippen LogP contribution in [0.3, 0.4) is 0 Å². The zero-order valence-electron chi connectivity index (χ0n) is 9.09. The van der Waals surface area contributed by atoms with Crippen LogP contribution in [-0.2, 0) is 11.2 Å². The summed E-state index contributed by atoms with van der Waals surface area (Å²) in [5.74, 6) is 0.323. The number of halogens is 1. The van der Waals surface area contributed by atoms with Gasteiger partial charge >= 0.3 is 0 Å². The highest BCUT2D eigenvalue weighted by molar-refractivity contribution is 6.31. The number of carbonyl (C=O) groups is 1. The largest absolute Gasteiger partial charge is 0.303 e. The van der Waals surface area contributed by atoms with Gasteiger partial charge in [0.25, 0.3) is 0 Å². The van der Waals surface area contributed by atoms with Crippen molar-refractivity contribution in [3.05, 3.63) is 34.3 Å². The lowest BCUT2D eigenvalue weighted by Gasteiger charge is -2.26. The molecule has 1 nitrogen and oxygen atoms in total. The molecule has 0 saturated carbocycles. The van der Waals surface area contributed by atoms with E-state index in [0.717, 1.165) is 24.2 Å². The molecular formula is C13H15ClO. The van der Waals surface area contributed by atoms with Gasteiger partial charge < -0.3 is 4.79 Å². The second-order valence-electron chi connectivity index (χ2n) is 4.84. The highest BCUT2D eigenvalue weighted by Crippen LogP contribution is 2.45. The zero-order valence-corrected chi connectivity index (χ0v) is 9.84. The standard InChI is InChI=1S/C13H15ClO/c1-13(2,8-15)11-7-6-10-9(11)4-3-5-12(10)14/h3-5,8,11H,6-7H2,1-2H3. The van der Waals surface area contributed by atoms with Crippen molar-refractivity contribution in [1.82, 2.24) is 0 Å². The average molecular weight is 223 g/mol. The van der Waals surface area contributed by atoms with Crippen LogP contribution in [0.5, 0.6) is 0 Å². The van der Waals surface area contributed by atoms with Crippen molar-refractivity contribution in [2.24, 2.45) is 5.41 Å². The van der Waals surface area contributed by atoms with Crippen LogP contribution in [0.4, 0.5) is 0 Å². The smallest absolute Gasteiger partial charge is 0.126 e. The van der Waals surface area contributed by atoms with Crippen molar-refractivity contribution in [3.63, 3.8) is 0 Å². The summed E-state index contributed by atoms with van der Waals surface area (Å²) in [7, 11) is 0. The Morgan fingerprint density at radius 2 is 2.20 bits per heavy atom. The molecule has 0 amide bonds. The van der Waals surface area contributed by atoms with Gasteiger partial charge in [-0.2, -0.15) is 0 Å². The van der Waals surface area contributed by atoms with Gasteiger partial charge in [0.1, 0.15) is 6.29 Å². The number of carbonyl (C=O) groups excluding carboxylic acids is 1. The van der Waals surface area contributed by atoms with Crippen molar-refractivity contribution in [1.29, 1.82) is 0 Å². The summed E-state index contributed by atoms with van der Waals surface area (Å²) in [6.45, 7) is 4.00. The minimum absolute atomic E-state index is 0.282. The van der Waals surface area contributed by atoms with Crippen LogP contribution in [0.1, 0.15) is 37.3 Å². The Bertz CT molecular complexity index is 396. The highest BCUT2D eigenvalue weighted by atomic mass is 35.5. The third kappa shape index (κ3) is 1.69. The maximum Gasteiger partial charge on any atom is 0.126 e. The molecule has 2 rings (SSSR count). The molecule has 0 saturated heterocycles. The molecule has 1 aliphatic carbocycles. The minimum atomic E-state index is -0.282. The molecule has 0 radical (unpaired) electrons. The second kappa shape index (κ2) is 3.64. The Balaban J connectivity index is 2.45. The molecule has 1 atom stereocenters. The van der Waals surface area contributed by atoms with E-state index in [0.29, 0.717) is 5.92 Å². The second-order valence-corrected chi connectivity index (χ2v) is 5.25. The summed E-state index contributed by atoms with van der Waals surface area (Å²) in [6.07, 6.45) is 3.09. The first kappa shape index (κ1) is 10.7. The SMILES string of the molecule is CC(C)(C=O)C1CCc2c(Cl)cccc21. The lowest BCUT2D eigenvalue weighted by Crippen LogP contribution is -2.21. The van der Waals surface area contributed by atoms with Gasteiger partial charge in [-0.15, -0.1) is 0 Å². The van der Waals surface area contributed by atoms with Crippen molar-refractivity contribution in [2.75, 3.05) is 0 Å². The number of rotatable bonds is 2. The normalized spacial score (nSPS) is 20.1. The number of hydrogen-bond donors (Lipinski definition) is 0. The molecule has 1 unspecified atom stereocenters. The first-order valence-electron chi connectivity index (χ1n) is 5.30. The summed E-state index contributed by atoms with van der Waals surface area (Å²) in [6, 6.07) is 6.00. The molecule has 2 heteroatoms. The highest BCUT2D eigenvalue weighted by Gasteiger charge is 2.35. The van der Waals surface area contributed by atoms with Crippen LogP contribution >= 0.6 is 11.6 Å². The third-order valence-corrected chi connectivity index (χ3v) is 3.77. The Kier molecular flexibility index (Phi) is 2.59. The fourth-order valence-corrected chi connectivity index (χ4v) is 2.74. The minimum Gasteiger partial charge on any atom is -0.303 e. The first-order valence-corrected chi connectivity index (χ1v) is 5.67. The molecule has 0 fully saturated rings. The molecule has 0 aromatic heterocycles. The summed E-state index contributed by atoms with van der Waals surface area (Å²) in [5, 5.41) is 0.844. The van der Waals surface area contributed by atoms with Gasteiger partial charge in [0, 0.05) is 10.4 Å². The predicted molar refractivity (Wildman–Crippen MR) is 62.4 cm³/mol. The number of hydrogen-bond acceptors (Lipinski definition) is 1. The monoisotopic (exact) mass is 222 g/mol. The summed E-state index contributed by atoms with van der Waals surface area (Å²) in [5.41, 5.74) is 2.22. The molecule has 80 valence electrons. The summed E-state index contributed by atoms with van der Waals surface area (Å²) >= 11 is 6.14. The van der Waals surface area contributed by atoms with Crippen LogP contribution in [0.25, 0.3) is 0 Å².